The predicted octanol–water partition coefficient (Wildman–Crippen LogP) is 2.70. The molecule has 0 aliphatic carbocycles. The molecule has 1 aromatic heterocycles. The highest BCUT2D eigenvalue weighted by atomic mass is 35.5. The number of rotatable bonds is 2. The lowest BCUT2D eigenvalue weighted by Gasteiger charge is -2.45. The highest BCUT2D eigenvalue weighted by molar-refractivity contribution is 6.30. The van der Waals surface area contributed by atoms with Gasteiger partial charge < -0.3 is 5.32 Å². The van der Waals surface area contributed by atoms with Crippen LogP contribution in [0.1, 0.15) is 31.2 Å². The van der Waals surface area contributed by atoms with Crippen LogP contribution in [-0.2, 0) is 6.54 Å². The maximum absolute atomic E-state index is 6.17. The first-order valence-corrected chi connectivity index (χ1v) is 7.68. The summed E-state index contributed by atoms with van der Waals surface area (Å²) in [5.41, 5.74) is 1.66. The van der Waals surface area contributed by atoms with Crippen LogP contribution < -0.4 is 5.32 Å². The van der Waals surface area contributed by atoms with Gasteiger partial charge in [0.05, 0.1) is 0 Å². The molecule has 2 aliphatic heterocycles. The lowest BCUT2D eigenvalue weighted by Crippen LogP contribution is -2.50. The van der Waals surface area contributed by atoms with Gasteiger partial charge in [-0.2, -0.15) is 0 Å². The highest BCUT2D eigenvalue weighted by Gasteiger charge is 2.36. The molecule has 0 amide bonds. The van der Waals surface area contributed by atoms with Crippen molar-refractivity contribution >= 4 is 11.6 Å². The maximum Gasteiger partial charge on any atom is 0.133 e. The molecule has 1 aromatic rings. The zero-order chi connectivity index (χ0) is 13.1. The van der Waals surface area contributed by atoms with E-state index in [0.717, 1.165) is 12.1 Å². The lowest BCUT2D eigenvalue weighted by atomic mass is 9.74. The van der Waals surface area contributed by atoms with Gasteiger partial charge >= 0.3 is 0 Å². The van der Waals surface area contributed by atoms with E-state index in [1.165, 1.54) is 51.9 Å². The number of halogens is 1. The van der Waals surface area contributed by atoms with E-state index in [4.69, 9.17) is 11.6 Å². The van der Waals surface area contributed by atoms with Crippen LogP contribution in [0.4, 0.5) is 0 Å². The minimum atomic E-state index is 0.505. The predicted molar refractivity (Wildman–Crippen MR) is 78.3 cm³/mol. The zero-order valence-electron chi connectivity index (χ0n) is 11.4. The van der Waals surface area contributed by atoms with Crippen molar-refractivity contribution in [2.45, 2.75) is 32.2 Å². The number of aromatic nitrogens is 1. The molecule has 104 valence electrons. The summed E-state index contributed by atoms with van der Waals surface area (Å²) in [6.45, 7) is 5.70. The van der Waals surface area contributed by atoms with Gasteiger partial charge in [-0.05, 0) is 50.3 Å². The molecule has 1 unspecified atom stereocenters. The van der Waals surface area contributed by atoms with Gasteiger partial charge in [0.25, 0.3) is 0 Å². The van der Waals surface area contributed by atoms with Crippen molar-refractivity contribution in [3.63, 3.8) is 0 Å². The van der Waals surface area contributed by atoms with Gasteiger partial charge in [0.2, 0.25) is 0 Å². The Labute approximate surface area is 120 Å². The van der Waals surface area contributed by atoms with E-state index in [1.807, 2.05) is 6.07 Å². The molecule has 3 nitrogen and oxygen atoms in total. The summed E-state index contributed by atoms with van der Waals surface area (Å²) in [6, 6.07) is 4.07. The van der Waals surface area contributed by atoms with Crippen molar-refractivity contribution in [3.05, 3.63) is 29.0 Å². The van der Waals surface area contributed by atoms with Crippen LogP contribution in [-0.4, -0.2) is 36.1 Å². The summed E-state index contributed by atoms with van der Waals surface area (Å²) in [7, 11) is 0. The van der Waals surface area contributed by atoms with Crippen LogP contribution in [0.3, 0.4) is 0 Å². The minimum absolute atomic E-state index is 0.505. The summed E-state index contributed by atoms with van der Waals surface area (Å²) in [5, 5.41) is 4.23. The second-order valence-electron chi connectivity index (χ2n) is 6.05. The third-order valence-corrected chi connectivity index (χ3v) is 4.87. The van der Waals surface area contributed by atoms with Crippen molar-refractivity contribution in [1.29, 1.82) is 0 Å². The average molecular weight is 280 g/mol. The molecule has 2 aliphatic rings. The number of hydrogen-bond donors (Lipinski definition) is 1. The smallest absolute Gasteiger partial charge is 0.133 e. The van der Waals surface area contributed by atoms with E-state index in [0.29, 0.717) is 10.6 Å². The molecule has 1 N–H and O–H groups in total. The molecule has 1 atom stereocenters. The van der Waals surface area contributed by atoms with Gasteiger partial charge in [-0.15, -0.1) is 0 Å². The van der Waals surface area contributed by atoms with E-state index < -0.39 is 0 Å². The van der Waals surface area contributed by atoms with Crippen LogP contribution >= 0.6 is 11.6 Å². The van der Waals surface area contributed by atoms with Gasteiger partial charge in [-0.3, -0.25) is 4.90 Å². The molecule has 0 radical (unpaired) electrons. The number of piperidine rings is 2. The normalized spacial score (nSPS) is 28.7. The molecule has 3 heterocycles. The highest BCUT2D eigenvalue weighted by Crippen LogP contribution is 2.36. The van der Waals surface area contributed by atoms with Gasteiger partial charge in [-0.25, -0.2) is 4.98 Å². The fourth-order valence-electron chi connectivity index (χ4n) is 3.60. The van der Waals surface area contributed by atoms with E-state index in [-0.39, 0.29) is 0 Å². The Morgan fingerprint density at radius 3 is 3.05 bits per heavy atom. The molecule has 2 fully saturated rings. The Hall–Kier alpha value is -0.640. The quantitative estimate of drug-likeness (QED) is 0.844. The summed E-state index contributed by atoms with van der Waals surface area (Å²) in [5.74, 6) is 0. The van der Waals surface area contributed by atoms with E-state index >= 15 is 0 Å². The van der Waals surface area contributed by atoms with Gasteiger partial charge in [0, 0.05) is 31.4 Å². The second-order valence-corrected chi connectivity index (χ2v) is 6.41. The van der Waals surface area contributed by atoms with Crippen LogP contribution in [0.5, 0.6) is 0 Å². The Bertz CT molecular complexity index is 424. The first kappa shape index (κ1) is 13.3. The van der Waals surface area contributed by atoms with E-state index in [9.17, 15) is 0 Å². The largest absolute Gasteiger partial charge is 0.316 e. The molecular formula is C15H22ClN3. The van der Waals surface area contributed by atoms with Gasteiger partial charge in [0.15, 0.2) is 0 Å². The van der Waals surface area contributed by atoms with Crippen LogP contribution in [0.2, 0.25) is 5.15 Å². The van der Waals surface area contributed by atoms with Crippen LogP contribution in [0.15, 0.2) is 18.3 Å². The van der Waals surface area contributed by atoms with Gasteiger partial charge in [0.1, 0.15) is 5.15 Å². The number of likely N-dealkylation sites (tertiary alicyclic amines) is 1. The van der Waals surface area contributed by atoms with Crippen LogP contribution in [0, 0.1) is 5.41 Å². The molecule has 19 heavy (non-hydrogen) atoms. The fourth-order valence-corrected chi connectivity index (χ4v) is 3.78. The SMILES string of the molecule is Clc1ncccc1CN1CCCC2(CCCNC2)C1. The van der Waals surface area contributed by atoms with E-state index in [2.05, 4.69) is 21.3 Å². The van der Waals surface area contributed by atoms with Gasteiger partial charge in [-0.1, -0.05) is 17.7 Å². The molecular weight excluding hydrogens is 258 g/mol. The average Bonchev–Trinajstić information content (AvgIpc) is 2.42. The monoisotopic (exact) mass is 279 g/mol. The molecule has 0 aromatic carbocycles. The summed E-state index contributed by atoms with van der Waals surface area (Å²) in [6.07, 6.45) is 7.13. The Kier molecular flexibility index (Phi) is 4.06. The number of nitrogens with zero attached hydrogens (tertiary/aromatic N) is 2. The maximum atomic E-state index is 6.17. The first-order chi connectivity index (χ1) is 9.27. The molecule has 2 saturated heterocycles. The molecule has 0 bridgehead atoms. The number of hydrogen-bond acceptors (Lipinski definition) is 3. The molecule has 3 rings (SSSR count). The van der Waals surface area contributed by atoms with Crippen molar-refractivity contribution in [2.24, 2.45) is 5.41 Å². The zero-order valence-corrected chi connectivity index (χ0v) is 12.1. The van der Waals surface area contributed by atoms with Crippen molar-refractivity contribution in [1.82, 2.24) is 15.2 Å². The Morgan fingerprint density at radius 2 is 2.26 bits per heavy atom. The van der Waals surface area contributed by atoms with E-state index in [1.54, 1.807) is 6.20 Å². The van der Waals surface area contributed by atoms with Crippen molar-refractivity contribution in [2.75, 3.05) is 26.2 Å². The summed E-state index contributed by atoms with van der Waals surface area (Å²) in [4.78, 5) is 6.73. The number of pyridine rings is 1. The minimum Gasteiger partial charge on any atom is -0.316 e. The Balaban J connectivity index is 1.67. The standard InChI is InChI=1S/C15H22ClN3/c16-14-13(4-1-8-18-14)10-19-9-3-6-15(12-19)5-2-7-17-11-15/h1,4,8,17H,2-3,5-7,9-12H2. The second kappa shape index (κ2) is 5.78. The Morgan fingerprint density at radius 1 is 1.37 bits per heavy atom. The molecule has 4 heteroatoms. The third kappa shape index (κ3) is 3.10. The number of nitrogens with one attached hydrogen (secondary N) is 1. The first-order valence-electron chi connectivity index (χ1n) is 7.30. The van der Waals surface area contributed by atoms with Crippen molar-refractivity contribution < 1.29 is 0 Å². The topological polar surface area (TPSA) is 28.2 Å². The molecule has 0 saturated carbocycles. The summed E-state index contributed by atoms with van der Waals surface area (Å²) < 4.78 is 0. The van der Waals surface area contributed by atoms with Crippen molar-refractivity contribution in [3.8, 4) is 0 Å². The molecule has 1 spiro atoms. The summed E-state index contributed by atoms with van der Waals surface area (Å²) >= 11 is 6.17. The third-order valence-electron chi connectivity index (χ3n) is 4.53. The van der Waals surface area contributed by atoms with Crippen LogP contribution in [0.25, 0.3) is 0 Å². The fraction of sp³-hybridized carbons (Fsp3) is 0.667. The lowest BCUT2D eigenvalue weighted by molar-refractivity contribution is 0.0600.